The zero-order chi connectivity index (χ0) is 6.69. The van der Waals surface area contributed by atoms with Crippen molar-refractivity contribution in [3.63, 3.8) is 0 Å². The third-order valence-electron chi connectivity index (χ3n) is 1.14. The molecule has 0 spiro atoms. The van der Waals surface area contributed by atoms with Crippen molar-refractivity contribution in [2.75, 3.05) is 6.61 Å². The van der Waals surface area contributed by atoms with Crippen LogP contribution in [0.1, 0.15) is 6.42 Å². The predicted octanol–water partition coefficient (Wildman–Crippen LogP) is 0.416. The van der Waals surface area contributed by atoms with Crippen LogP contribution in [0.4, 0.5) is 0 Å². The minimum absolute atomic E-state index is 0.521. The van der Waals surface area contributed by atoms with Crippen molar-refractivity contribution in [3.05, 3.63) is 12.2 Å². The Morgan fingerprint density at radius 3 is 2.89 bits per heavy atom. The second-order valence-electron chi connectivity index (χ2n) is 1.85. The number of rotatable bonds is 1. The van der Waals surface area contributed by atoms with Crippen LogP contribution in [-0.4, -0.2) is 23.8 Å². The quantitative estimate of drug-likeness (QED) is 0.520. The zero-order valence-corrected chi connectivity index (χ0v) is 4.91. The van der Waals surface area contributed by atoms with Crippen LogP contribution in [0.2, 0.25) is 0 Å². The summed E-state index contributed by atoms with van der Waals surface area (Å²) in [6, 6.07) is 0. The van der Waals surface area contributed by atoms with E-state index in [1.165, 1.54) is 0 Å². The van der Waals surface area contributed by atoms with Crippen LogP contribution < -0.4 is 0 Å². The maximum absolute atomic E-state index is 10.2. The van der Waals surface area contributed by atoms with Crippen LogP contribution in [0.5, 0.6) is 0 Å². The molecule has 0 aliphatic carbocycles. The molecule has 0 aromatic carbocycles. The molecule has 50 valence electrons. The van der Waals surface area contributed by atoms with Gasteiger partial charge in [-0.15, -0.1) is 0 Å². The number of ether oxygens (including phenoxy) is 1. The first-order valence-corrected chi connectivity index (χ1v) is 2.82. The Kier molecular flexibility index (Phi) is 1.85. The SMILES string of the molecule is O=C(O)C1C=CCCO1. The van der Waals surface area contributed by atoms with Crippen LogP contribution >= 0.6 is 0 Å². The minimum Gasteiger partial charge on any atom is -0.479 e. The molecule has 1 unspecified atom stereocenters. The summed E-state index contributed by atoms with van der Waals surface area (Å²) in [5, 5.41) is 8.36. The predicted molar refractivity (Wildman–Crippen MR) is 31.1 cm³/mol. The van der Waals surface area contributed by atoms with Crippen LogP contribution in [-0.2, 0) is 9.53 Å². The van der Waals surface area contributed by atoms with Crippen molar-refractivity contribution in [1.82, 2.24) is 0 Å². The molecule has 0 bridgehead atoms. The van der Waals surface area contributed by atoms with Gasteiger partial charge in [-0.3, -0.25) is 0 Å². The normalized spacial score (nSPS) is 26.0. The van der Waals surface area contributed by atoms with Crippen LogP contribution in [0.15, 0.2) is 12.2 Å². The molecule has 0 amide bonds. The fourth-order valence-electron chi connectivity index (χ4n) is 0.692. The standard InChI is InChI=1S/C6H8O3/c7-6(8)5-3-1-2-4-9-5/h1,3,5H,2,4H2,(H,7,8). The summed E-state index contributed by atoms with van der Waals surface area (Å²) in [6.07, 6.45) is 3.50. The van der Waals surface area contributed by atoms with Gasteiger partial charge in [-0.25, -0.2) is 4.79 Å². The molecule has 0 aromatic heterocycles. The summed E-state index contributed by atoms with van der Waals surface area (Å²) in [5.74, 6) is -0.911. The van der Waals surface area contributed by atoms with E-state index < -0.39 is 12.1 Å². The molecule has 0 fully saturated rings. The van der Waals surface area contributed by atoms with Gasteiger partial charge in [0.1, 0.15) is 0 Å². The van der Waals surface area contributed by atoms with Crippen molar-refractivity contribution in [2.45, 2.75) is 12.5 Å². The van der Waals surface area contributed by atoms with Crippen molar-refractivity contribution in [3.8, 4) is 0 Å². The van der Waals surface area contributed by atoms with E-state index in [0.717, 1.165) is 6.42 Å². The highest BCUT2D eigenvalue weighted by Gasteiger charge is 2.15. The van der Waals surface area contributed by atoms with Gasteiger partial charge in [-0.05, 0) is 12.5 Å². The van der Waals surface area contributed by atoms with Gasteiger partial charge >= 0.3 is 5.97 Å². The Morgan fingerprint density at radius 2 is 2.56 bits per heavy atom. The van der Waals surface area contributed by atoms with Gasteiger partial charge in [0, 0.05) is 0 Å². The largest absolute Gasteiger partial charge is 0.479 e. The van der Waals surface area contributed by atoms with Gasteiger partial charge in [0.15, 0.2) is 6.10 Å². The van der Waals surface area contributed by atoms with E-state index in [0.29, 0.717) is 6.61 Å². The Balaban J connectivity index is 2.50. The molecule has 1 atom stereocenters. The fourth-order valence-corrected chi connectivity index (χ4v) is 0.692. The molecule has 0 saturated heterocycles. The Bertz CT molecular complexity index is 139. The smallest absolute Gasteiger partial charge is 0.336 e. The second kappa shape index (κ2) is 2.64. The molecular weight excluding hydrogens is 120 g/mol. The Morgan fingerprint density at radius 1 is 1.78 bits per heavy atom. The molecule has 1 aliphatic rings. The molecule has 0 saturated carbocycles. The molecular formula is C6H8O3. The third kappa shape index (κ3) is 1.54. The van der Waals surface area contributed by atoms with Gasteiger partial charge in [0.2, 0.25) is 0 Å². The lowest BCUT2D eigenvalue weighted by atomic mass is 10.2. The Labute approximate surface area is 52.9 Å². The first-order chi connectivity index (χ1) is 4.30. The highest BCUT2D eigenvalue weighted by Crippen LogP contribution is 2.03. The zero-order valence-electron chi connectivity index (χ0n) is 4.91. The van der Waals surface area contributed by atoms with Gasteiger partial charge in [0.05, 0.1) is 6.61 Å². The van der Waals surface area contributed by atoms with Crippen molar-refractivity contribution < 1.29 is 14.6 Å². The molecule has 9 heavy (non-hydrogen) atoms. The van der Waals surface area contributed by atoms with E-state index >= 15 is 0 Å². The first kappa shape index (κ1) is 6.29. The van der Waals surface area contributed by atoms with E-state index in [-0.39, 0.29) is 0 Å². The average Bonchev–Trinajstić information content (AvgIpc) is 1.90. The third-order valence-corrected chi connectivity index (χ3v) is 1.14. The molecule has 0 radical (unpaired) electrons. The van der Waals surface area contributed by atoms with Crippen molar-refractivity contribution in [2.24, 2.45) is 0 Å². The molecule has 1 rings (SSSR count). The van der Waals surface area contributed by atoms with Gasteiger partial charge in [-0.2, -0.15) is 0 Å². The number of carbonyl (C=O) groups is 1. The van der Waals surface area contributed by atoms with Crippen LogP contribution in [0.3, 0.4) is 0 Å². The number of carboxylic acid groups (broad SMARTS) is 1. The summed E-state index contributed by atoms with van der Waals surface area (Å²) in [6.45, 7) is 0.521. The molecule has 1 aliphatic heterocycles. The lowest BCUT2D eigenvalue weighted by molar-refractivity contribution is -0.147. The van der Waals surface area contributed by atoms with E-state index in [1.807, 2.05) is 6.08 Å². The van der Waals surface area contributed by atoms with E-state index in [9.17, 15) is 4.79 Å². The van der Waals surface area contributed by atoms with Crippen molar-refractivity contribution >= 4 is 5.97 Å². The van der Waals surface area contributed by atoms with Gasteiger partial charge in [0.25, 0.3) is 0 Å². The van der Waals surface area contributed by atoms with E-state index in [4.69, 9.17) is 9.84 Å². The van der Waals surface area contributed by atoms with Gasteiger partial charge < -0.3 is 9.84 Å². The maximum atomic E-state index is 10.2. The number of aliphatic carboxylic acids is 1. The lowest BCUT2D eigenvalue weighted by Crippen LogP contribution is -2.23. The highest BCUT2D eigenvalue weighted by molar-refractivity contribution is 5.74. The highest BCUT2D eigenvalue weighted by atomic mass is 16.5. The van der Waals surface area contributed by atoms with Crippen LogP contribution in [0.25, 0.3) is 0 Å². The summed E-state index contributed by atoms with van der Waals surface area (Å²) in [5.41, 5.74) is 0. The summed E-state index contributed by atoms with van der Waals surface area (Å²) >= 11 is 0. The summed E-state index contributed by atoms with van der Waals surface area (Å²) < 4.78 is 4.85. The van der Waals surface area contributed by atoms with Crippen LogP contribution in [0, 0.1) is 0 Å². The number of hydrogen-bond donors (Lipinski definition) is 1. The fraction of sp³-hybridized carbons (Fsp3) is 0.500. The molecule has 1 heterocycles. The lowest BCUT2D eigenvalue weighted by Gasteiger charge is -2.11. The van der Waals surface area contributed by atoms with Crippen molar-refractivity contribution in [1.29, 1.82) is 0 Å². The number of carboxylic acids is 1. The molecule has 3 nitrogen and oxygen atoms in total. The first-order valence-electron chi connectivity index (χ1n) is 2.82. The minimum atomic E-state index is -0.911. The Hall–Kier alpha value is -0.830. The molecule has 1 N–H and O–H groups in total. The molecule has 3 heteroatoms. The summed E-state index contributed by atoms with van der Waals surface area (Å²) in [4.78, 5) is 10.2. The average molecular weight is 128 g/mol. The van der Waals surface area contributed by atoms with Gasteiger partial charge in [-0.1, -0.05) is 6.08 Å². The number of hydrogen-bond acceptors (Lipinski definition) is 2. The molecule has 0 aromatic rings. The summed E-state index contributed by atoms with van der Waals surface area (Å²) in [7, 11) is 0. The topological polar surface area (TPSA) is 46.5 Å². The van der Waals surface area contributed by atoms with E-state index in [2.05, 4.69) is 0 Å². The second-order valence-corrected chi connectivity index (χ2v) is 1.85. The maximum Gasteiger partial charge on any atom is 0.336 e. The monoisotopic (exact) mass is 128 g/mol. The van der Waals surface area contributed by atoms with E-state index in [1.54, 1.807) is 6.08 Å².